The van der Waals surface area contributed by atoms with Gasteiger partial charge >= 0.3 is 0 Å². The molecule has 1 atom stereocenters. The topological polar surface area (TPSA) is 79.5 Å². The summed E-state index contributed by atoms with van der Waals surface area (Å²) in [5.74, 6) is -0.795. The van der Waals surface area contributed by atoms with Gasteiger partial charge in [-0.25, -0.2) is 4.39 Å². The van der Waals surface area contributed by atoms with Crippen molar-refractivity contribution in [3.8, 4) is 0 Å². The van der Waals surface area contributed by atoms with Crippen LogP contribution in [0.15, 0.2) is 12.1 Å². The number of anilines is 2. The van der Waals surface area contributed by atoms with Gasteiger partial charge in [0, 0.05) is 25.4 Å². The highest BCUT2D eigenvalue weighted by Crippen LogP contribution is 2.32. The number of carbonyl (C=O) groups is 2. The van der Waals surface area contributed by atoms with Crippen molar-refractivity contribution in [1.82, 2.24) is 5.32 Å². The molecule has 2 amide bonds. The van der Waals surface area contributed by atoms with Gasteiger partial charge in [0.1, 0.15) is 5.82 Å². The van der Waals surface area contributed by atoms with Crippen LogP contribution in [0.3, 0.4) is 0 Å². The largest absolute Gasteiger partial charge is 0.378 e. The van der Waals surface area contributed by atoms with Crippen LogP contribution in [0.4, 0.5) is 15.8 Å². The zero-order valence-electron chi connectivity index (χ0n) is 12.1. The molecule has 2 aliphatic rings. The van der Waals surface area contributed by atoms with E-state index in [2.05, 4.69) is 16.0 Å². The van der Waals surface area contributed by atoms with E-state index in [0.717, 1.165) is 0 Å². The van der Waals surface area contributed by atoms with E-state index in [1.54, 1.807) is 0 Å². The number of ether oxygens (including phenoxy) is 1. The third kappa shape index (κ3) is 3.42. The highest BCUT2D eigenvalue weighted by molar-refractivity contribution is 6.02. The van der Waals surface area contributed by atoms with E-state index in [9.17, 15) is 14.0 Å². The summed E-state index contributed by atoms with van der Waals surface area (Å²) in [6, 6.07) is 2.57. The van der Waals surface area contributed by atoms with Crippen LogP contribution in [-0.4, -0.2) is 37.6 Å². The highest BCUT2D eigenvalue weighted by Gasteiger charge is 2.22. The lowest BCUT2D eigenvalue weighted by Gasteiger charge is -2.24. The Hall–Kier alpha value is -1.99. The number of nitrogens with one attached hydrogen (secondary N) is 3. The summed E-state index contributed by atoms with van der Waals surface area (Å²) in [5.41, 5.74) is 1.51. The van der Waals surface area contributed by atoms with Crippen molar-refractivity contribution in [3.63, 3.8) is 0 Å². The van der Waals surface area contributed by atoms with Crippen molar-refractivity contribution >= 4 is 23.2 Å². The minimum Gasteiger partial charge on any atom is -0.378 e. The van der Waals surface area contributed by atoms with Crippen LogP contribution in [0.25, 0.3) is 0 Å². The summed E-state index contributed by atoms with van der Waals surface area (Å²) in [6.07, 6.45) is 1.03. The Morgan fingerprint density at radius 3 is 3.05 bits per heavy atom. The van der Waals surface area contributed by atoms with Gasteiger partial charge < -0.3 is 20.7 Å². The normalized spacial score (nSPS) is 21.0. The summed E-state index contributed by atoms with van der Waals surface area (Å²) in [7, 11) is 0. The zero-order chi connectivity index (χ0) is 15.5. The fourth-order valence-corrected chi connectivity index (χ4v) is 2.73. The second-order valence-electron chi connectivity index (χ2n) is 5.51. The van der Waals surface area contributed by atoms with E-state index in [-0.39, 0.29) is 24.3 Å². The van der Waals surface area contributed by atoms with E-state index in [1.807, 2.05) is 0 Å². The van der Waals surface area contributed by atoms with Crippen molar-refractivity contribution in [2.24, 2.45) is 0 Å². The third-order valence-corrected chi connectivity index (χ3v) is 3.77. The summed E-state index contributed by atoms with van der Waals surface area (Å²) in [5, 5.41) is 8.58. The Kier molecular flexibility index (Phi) is 4.35. The maximum Gasteiger partial charge on any atom is 0.226 e. The van der Waals surface area contributed by atoms with Crippen LogP contribution >= 0.6 is 0 Å². The number of rotatable bonds is 3. The number of fused-ring (bicyclic) bond motifs is 1. The molecule has 2 aliphatic heterocycles. The molecule has 1 fully saturated rings. The molecule has 1 saturated heterocycles. The SMILES string of the molecule is O=C(CC1COCCN1)Nc1cc(F)cc2c1NC(=O)CC2. The molecule has 0 aromatic heterocycles. The van der Waals surface area contributed by atoms with E-state index in [0.29, 0.717) is 49.5 Å². The number of aryl methyl sites for hydroxylation is 1. The minimum atomic E-state index is -0.427. The van der Waals surface area contributed by atoms with Gasteiger partial charge in [-0.15, -0.1) is 0 Å². The van der Waals surface area contributed by atoms with Crippen LogP contribution in [0.2, 0.25) is 0 Å². The molecule has 1 aromatic carbocycles. The van der Waals surface area contributed by atoms with E-state index >= 15 is 0 Å². The number of morpholine rings is 1. The number of hydrogen-bond donors (Lipinski definition) is 3. The second kappa shape index (κ2) is 6.41. The van der Waals surface area contributed by atoms with Gasteiger partial charge in [0.05, 0.1) is 24.6 Å². The lowest BCUT2D eigenvalue weighted by molar-refractivity contribution is -0.118. The minimum absolute atomic E-state index is 0.0484. The fourth-order valence-electron chi connectivity index (χ4n) is 2.73. The van der Waals surface area contributed by atoms with Crippen LogP contribution in [0.1, 0.15) is 18.4 Å². The Balaban J connectivity index is 1.72. The zero-order valence-corrected chi connectivity index (χ0v) is 12.1. The lowest BCUT2D eigenvalue weighted by Crippen LogP contribution is -2.43. The first-order valence-corrected chi connectivity index (χ1v) is 7.35. The quantitative estimate of drug-likeness (QED) is 0.779. The molecule has 6 nitrogen and oxygen atoms in total. The van der Waals surface area contributed by atoms with E-state index in [1.165, 1.54) is 12.1 Å². The number of benzene rings is 1. The van der Waals surface area contributed by atoms with Gasteiger partial charge in [0.2, 0.25) is 11.8 Å². The Morgan fingerprint density at radius 2 is 2.27 bits per heavy atom. The predicted molar refractivity (Wildman–Crippen MR) is 79.2 cm³/mol. The Morgan fingerprint density at radius 1 is 1.41 bits per heavy atom. The van der Waals surface area contributed by atoms with Gasteiger partial charge in [-0.05, 0) is 24.1 Å². The molecule has 0 radical (unpaired) electrons. The van der Waals surface area contributed by atoms with Crippen molar-refractivity contribution in [3.05, 3.63) is 23.5 Å². The number of carbonyl (C=O) groups excluding carboxylic acids is 2. The van der Waals surface area contributed by atoms with Crippen LogP contribution in [-0.2, 0) is 20.7 Å². The maximum atomic E-state index is 13.7. The van der Waals surface area contributed by atoms with E-state index in [4.69, 9.17) is 4.74 Å². The summed E-state index contributed by atoms with van der Waals surface area (Å²) in [6.45, 7) is 1.83. The molecule has 22 heavy (non-hydrogen) atoms. The molecule has 3 rings (SSSR count). The molecule has 0 spiro atoms. The first-order valence-electron chi connectivity index (χ1n) is 7.35. The van der Waals surface area contributed by atoms with Crippen LogP contribution < -0.4 is 16.0 Å². The molecule has 0 bridgehead atoms. The number of halogens is 1. The van der Waals surface area contributed by atoms with Gasteiger partial charge in [-0.1, -0.05) is 0 Å². The molecular weight excluding hydrogens is 289 g/mol. The van der Waals surface area contributed by atoms with Gasteiger partial charge in [-0.2, -0.15) is 0 Å². The maximum absolute atomic E-state index is 13.7. The van der Waals surface area contributed by atoms with Gasteiger partial charge in [0.25, 0.3) is 0 Å². The van der Waals surface area contributed by atoms with Crippen LogP contribution in [0.5, 0.6) is 0 Å². The molecule has 0 aliphatic carbocycles. The van der Waals surface area contributed by atoms with E-state index < -0.39 is 5.82 Å². The van der Waals surface area contributed by atoms with Gasteiger partial charge in [-0.3, -0.25) is 9.59 Å². The second-order valence-corrected chi connectivity index (χ2v) is 5.51. The van der Waals surface area contributed by atoms with Crippen molar-refractivity contribution in [1.29, 1.82) is 0 Å². The lowest BCUT2D eigenvalue weighted by atomic mass is 10.0. The average molecular weight is 307 g/mol. The van der Waals surface area contributed by atoms with Crippen molar-refractivity contribution in [2.45, 2.75) is 25.3 Å². The molecule has 0 saturated carbocycles. The Bertz CT molecular complexity index is 600. The molecule has 118 valence electrons. The molecule has 1 unspecified atom stereocenters. The smallest absolute Gasteiger partial charge is 0.226 e. The Labute approximate surface area is 127 Å². The predicted octanol–water partition coefficient (Wildman–Crippen LogP) is 1.03. The third-order valence-electron chi connectivity index (χ3n) is 3.77. The monoisotopic (exact) mass is 307 g/mol. The molecule has 7 heteroatoms. The summed E-state index contributed by atoms with van der Waals surface area (Å²) >= 11 is 0. The van der Waals surface area contributed by atoms with Gasteiger partial charge in [0.15, 0.2) is 0 Å². The first-order chi connectivity index (χ1) is 10.6. The summed E-state index contributed by atoms with van der Waals surface area (Å²) in [4.78, 5) is 23.6. The molecule has 2 heterocycles. The van der Waals surface area contributed by atoms with Crippen molar-refractivity contribution in [2.75, 3.05) is 30.4 Å². The molecular formula is C15H18FN3O3. The number of hydrogen-bond acceptors (Lipinski definition) is 4. The number of amides is 2. The molecule has 1 aromatic rings. The standard InChI is InChI=1S/C15H18FN3O3/c16-10-5-9-1-2-13(20)19-15(9)12(6-10)18-14(21)7-11-8-22-4-3-17-11/h5-6,11,17H,1-4,7-8H2,(H,18,21)(H,19,20). The van der Waals surface area contributed by atoms with Crippen LogP contribution in [0, 0.1) is 5.82 Å². The van der Waals surface area contributed by atoms with Crippen molar-refractivity contribution < 1.29 is 18.7 Å². The first kappa shape index (κ1) is 14.9. The fraction of sp³-hybridized carbons (Fsp3) is 0.467. The molecule has 3 N–H and O–H groups in total. The average Bonchev–Trinajstić information content (AvgIpc) is 2.49. The summed E-state index contributed by atoms with van der Waals surface area (Å²) < 4.78 is 19.0. The highest BCUT2D eigenvalue weighted by atomic mass is 19.1.